The number of benzene rings is 1. The molecular weight excluding hydrogens is 444 g/mol. The molecule has 1 aliphatic heterocycles. The van der Waals surface area contributed by atoms with Crippen LogP contribution in [0.3, 0.4) is 0 Å². The Hall–Kier alpha value is -4.20. The van der Waals surface area contributed by atoms with Gasteiger partial charge in [-0.15, -0.1) is 0 Å². The van der Waals surface area contributed by atoms with Gasteiger partial charge in [-0.2, -0.15) is 0 Å². The summed E-state index contributed by atoms with van der Waals surface area (Å²) in [5.74, 6) is 0.00672. The van der Waals surface area contributed by atoms with Crippen LogP contribution in [0.1, 0.15) is 49.6 Å². The molecule has 0 spiro atoms. The Morgan fingerprint density at radius 3 is 2.71 bits per heavy atom. The number of allylic oxidation sites excluding steroid dienone is 1. The van der Waals surface area contributed by atoms with Gasteiger partial charge < -0.3 is 15.1 Å². The number of amides is 2. The number of hydrogen-bond acceptors (Lipinski definition) is 6. The van der Waals surface area contributed by atoms with Crippen molar-refractivity contribution >= 4 is 29.0 Å². The van der Waals surface area contributed by atoms with Crippen LogP contribution >= 0.6 is 0 Å². The van der Waals surface area contributed by atoms with Crippen LogP contribution in [0.25, 0.3) is 0 Å². The van der Waals surface area contributed by atoms with Gasteiger partial charge in [0.2, 0.25) is 11.8 Å². The van der Waals surface area contributed by atoms with Crippen LogP contribution < -0.4 is 15.5 Å². The predicted octanol–water partition coefficient (Wildman–Crippen LogP) is 4.28. The minimum absolute atomic E-state index is 0.00106. The maximum atomic E-state index is 13.7. The molecule has 3 aromatic rings. The zero-order chi connectivity index (χ0) is 24.2. The van der Waals surface area contributed by atoms with Crippen LogP contribution in [0, 0.1) is 0 Å². The van der Waals surface area contributed by atoms with Crippen LogP contribution in [0.15, 0.2) is 82.7 Å². The molecule has 1 aromatic carbocycles. The van der Waals surface area contributed by atoms with E-state index < -0.39 is 6.04 Å². The molecule has 3 heterocycles. The van der Waals surface area contributed by atoms with E-state index in [0.717, 1.165) is 23.5 Å². The van der Waals surface area contributed by atoms with E-state index in [9.17, 15) is 14.4 Å². The van der Waals surface area contributed by atoms with Crippen molar-refractivity contribution in [1.82, 2.24) is 10.3 Å². The highest BCUT2D eigenvalue weighted by atomic mass is 16.3. The third-order valence-corrected chi connectivity index (χ3v) is 6.28. The normalized spacial score (nSPS) is 17.2. The molecule has 8 nitrogen and oxygen atoms in total. The lowest BCUT2D eigenvalue weighted by atomic mass is 9.88. The summed E-state index contributed by atoms with van der Waals surface area (Å²) in [5, 5.41) is 6.22. The van der Waals surface area contributed by atoms with Gasteiger partial charge in [0.1, 0.15) is 11.8 Å². The molecule has 8 heteroatoms. The van der Waals surface area contributed by atoms with Crippen LogP contribution in [0.4, 0.5) is 11.4 Å². The molecule has 0 radical (unpaired) electrons. The fourth-order valence-corrected chi connectivity index (χ4v) is 4.65. The smallest absolute Gasteiger partial charge is 0.228 e. The van der Waals surface area contributed by atoms with Gasteiger partial charge in [0.25, 0.3) is 0 Å². The lowest BCUT2D eigenvalue weighted by Crippen LogP contribution is -2.38. The van der Waals surface area contributed by atoms with Gasteiger partial charge in [0, 0.05) is 36.7 Å². The SMILES string of the molecule is O=C(CCC(=O)N1c2ccccc2NC2=C(C(=O)CCC2)[C@H]1c1ccco1)NCc1ccccn1. The predicted molar refractivity (Wildman–Crippen MR) is 130 cm³/mol. The summed E-state index contributed by atoms with van der Waals surface area (Å²) in [6.07, 6.45) is 5.10. The highest BCUT2D eigenvalue weighted by molar-refractivity contribution is 6.06. The van der Waals surface area contributed by atoms with E-state index in [0.29, 0.717) is 36.4 Å². The second-order valence-corrected chi connectivity index (χ2v) is 8.59. The number of hydrogen-bond donors (Lipinski definition) is 2. The Kier molecular flexibility index (Phi) is 6.43. The molecule has 0 bridgehead atoms. The second-order valence-electron chi connectivity index (χ2n) is 8.59. The first-order valence-electron chi connectivity index (χ1n) is 11.8. The van der Waals surface area contributed by atoms with Gasteiger partial charge in [-0.1, -0.05) is 18.2 Å². The first-order valence-corrected chi connectivity index (χ1v) is 11.8. The Labute approximate surface area is 203 Å². The molecule has 0 saturated heterocycles. The number of fused-ring (bicyclic) bond motifs is 1. The number of aromatic nitrogens is 1. The topological polar surface area (TPSA) is 105 Å². The highest BCUT2D eigenvalue weighted by Crippen LogP contribution is 2.45. The van der Waals surface area contributed by atoms with Gasteiger partial charge in [-0.05, 0) is 49.2 Å². The average molecular weight is 471 g/mol. The third kappa shape index (κ3) is 4.73. The van der Waals surface area contributed by atoms with E-state index in [1.807, 2.05) is 42.5 Å². The Bertz CT molecular complexity index is 1270. The summed E-state index contributed by atoms with van der Waals surface area (Å²) in [4.78, 5) is 45.2. The first kappa shape index (κ1) is 22.6. The van der Waals surface area contributed by atoms with Crippen LogP contribution in [-0.4, -0.2) is 22.6 Å². The minimum Gasteiger partial charge on any atom is -0.467 e. The molecule has 0 saturated carbocycles. The number of furan rings is 1. The molecule has 178 valence electrons. The number of anilines is 2. The molecule has 1 atom stereocenters. The number of carbonyl (C=O) groups excluding carboxylic acids is 3. The van der Waals surface area contributed by atoms with E-state index in [-0.39, 0.29) is 30.4 Å². The zero-order valence-corrected chi connectivity index (χ0v) is 19.2. The van der Waals surface area contributed by atoms with E-state index in [2.05, 4.69) is 15.6 Å². The summed E-state index contributed by atoms with van der Waals surface area (Å²) in [6, 6.07) is 15.8. The van der Waals surface area contributed by atoms with Gasteiger partial charge in [-0.25, -0.2) is 0 Å². The minimum atomic E-state index is -0.701. The molecule has 2 aromatic heterocycles. The molecule has 35 heavy (non-hydrogen) atoms. The average Bonchev–Trinajstić information content (AvgIpc) is 3.36. The molecule has 2 N–H and O–H groups in total. The summed E-state index contributed by atoms with van der Waals surface area (Å²) in [5.41, 5.74) is 3.51. The van der Waals surface area contributed by atoms with E-state index in [1.54, 1.807) is 29.5 Å². The number of nitrogens with zero attached hydrogens (tertiary/aromatic N) is 2. The van der Waals surface area contributed by atoms with Crippen LogP contribution in [0.5, 0.6) is 0 Å². The van der Waals surface area contributed by atoms with E-state index in [4.69, 9.17) is 4.42 Å². The summed E-state index contributed by atoms with van der Waals surface area (Å²) in [6.45, 7) is 0.296. The van der Waals surface area contributed by atoms with Crippen molar-refractivity contribution in [3.63, 3.8) is 0 Å². The van der Waals surface area contributed by atoms with Crippen LogP contribution in [0.2, 0.25) is 0 Å². The molecule has 5 rings (SSSR count). The van der Waals surface area contributed by atoms with E-state index in [1.165, 1.54) is 0 Å². The van der Waals surface area contributed by atoms with Crippen molar-refractivity contribution in [2.45, 2.75) is 44.7 Å². The number of para-hydroxylation sites is 2. The lowest BCUT2D eigenvalue weighted by Gasteiger charge is -2.32. The number of carbonyl (C=O) groups is 3. The largest absolute Gasteiger partial charge is 0.467 e. The molecule has 2 amide bonds. The van der Waals surface area contributed by atoms with Crippen molar-refractivity contribution in [2.75, 3.05) is 10.2 Å². The second kappa shape index (κ2) is 9.97. The molecule has 2 aliphatic rings. The van der Waals surface area contributed by atoms with Gasteiger partial charge >= 0.3 is 0 Å². The fourth-order valence-electron chi connectivity index (χ4n) is 4.65. The Balaban J connectivity index is 1.43. The molecule has 0 fully saturated rings. The summed E-state index contributed by atoms with van der Waals surface area (Å²) >= 11 is 0. The monoisotopic (exact) mass is 470 g/mol. The lowest BCUT2D eigenvalue weighted by molar-refractivity contribution is -0.125. The highest BCUT2D eigenvalue weighted by Gasteiger charge is 2.40. The number of Topliss-reactive ketones (excluding diaryl/α,β-unsaturated/α-hetero) is 1. The number of pyridine rings is 1. The van der Waals surface area contributed by atoms with Crippen molar-refractivity contribution in [3.8, 4) is 0 Å². The number of rotatable bonds is 6. The van der Waals surface area contributed by atoms with Crippen molar-refractivity contribution < 1.29 is 18.8 Å². The molecule has 1 aliphatic carbocycles. The molecule has 0 unspecified atom stereocenters. The third-order valence-electron chi connectivity index (χ3n) is 6.28. The van der Waals surface area contributed by atoms with Crippen LogP contribution in [-0.2, 0) is 20.9 Å². The van der Waals surface area contributed by atoms with Crippen molar-refractivity contribution in [3.05, 3.63) is 89.8 Å². The van der Waals surface area contributed by atoms with Crippen molar-refractivity contribution in [1.29, 1.82) is 0 Å². The molecular formula is C27H26N4O4. The standard InChI is InChI=1S/C27H26N4O4/c32-22-11-5-9-20-26(22)27(23-12-6-16-35-23)31(21-10-2-1-8-19(21)30-20)25(34)14-13-24(33)29-17-18-7-3-4-15-28-18/h1-4,6-8,10,12,15-16,27,30H,5,9,11,13-14,17H2,(H,29,33)/t27-/m1/s1. The number of ketones is 1. The van der Waals surface area contributed by atoms with E-state index >= 15 is 0 Å². The summed E-state index contributed by atoms with van der Waals surface area (Å²) in [7, 11) is 0. The van der Waals surface area contributed by atoms with Gasteiger partial charge in [-0.3, -0.25) is 24.3 Å². The maximum absolute atomic E-state index is 13.7. The van der Waals surface area contributed by atoms with Gasteiger partial charge in [0.05, 0.1) is 29.9 Å². The van der Waals surface area contributed by atoms with Gasteiger partial charge in [0.15, 0.2) is 5.78 Å². The summed E-state index contributed by atoms with van der Waals surface area (Å²) < 4.78 is 5.74. The quantitative estimate of drug-likeness (QED) is 0.557. The zero-order valence-electron chi connectivity index (χ0n) is 19.2. The fraction of sp³-hybridized carbons (Fsp3) is 0.259. The Morgan fingerprint density at radius 1 is 1.06 bits per heavy atom. The maximum Gasteiger partial charge on any atom is 0.228 e. The first-order chi connectivity index (χ1) is 17.1. The Morgan fingerprint density at radius 2 is 1.91 bits per heavy atom. The van der Waals surface area contributed by atoms with Crippen molar-refractivity contribution in [2.24, 2.45) is 0 Å². The number of nitrogens with one attached hydrogen (secondary N) is 2.